The third kappa shape index (κ3) is 3.82. The van der Waals surface area contributed by atoms with Crippen molar-refractivity contribution in [1.29, 1.82) is 0 Å². The fraction of sp³-hybridized carbons (Fsp3) is 0.167. The summed E-state index contributed by atoms with van der Waals surface area (Å²) in [5.41, 5.74) is 0.304. The van der Waals surface area contributed by atoms with Crippen LogP contribution in [0.5, 0.6) is 0 Å². The highest BCUT2D eigenvalue weighted by atomic mass is 32.2. The first-order valence-electron chi connectivity index (χ1n) is 6.01. The van der Waals surface area contributed by atoms with Crippen molar-refractivity contribution in [1.82, 2.24) is 4.72 Å². The van der Waals surface area contributed by atoms with Crippen LogP contribution in [0.3, 0.4) is 0 Å². The Hall–Kier alpha value is -1.42. The molecule has 0 aliphatic rings. The van der Waals surface area contributed by atoms with Gasteiger partial charge in [0.15, 0.2) is 0 Å². The molecule has 0 unspecified atom stereocenters. The van der Waals surface area contributed by atoms with Crippen molar-refractivity contribution < 1.29 is 16.8 Å². The first-order chi connectivity index (χ1) is 9.85. The molecule has 1 aromatic heterocycles. The van der Waals surface area contributed by atoms with Crippen LogP contribution in [-0.4, -0.2) is 23.4 Å². The summed E-state index contributed by atoms with van der Waals surface area (Å²) < 4.78 is 52.5. The summed E-state index contributed by atoms with van der Waals surface area (Å²) in [4.78, 5) is 0.0865. The van der Waals surface area contributed by atoms with Gasteiger partial charge in [0.2, 0.25) is 10.0 Å². The lowest BCUT2D eigenvalue weighted by Gasteiger charge is -2.08. The molecule has 2 N–H and O–H groups in total. The van der Waals surface area contributed by atoms with Crippen LogP contribution in [0.4, 0.5) is 5.69 Å². The highest BCUT2D eigenvalue weighted by Crippen LogP contribution is 2.21. The highest BCUT2D eigenvalue weighted by molar-refractivity contribution is 7.94. The summed E-state index contributed by atoms with van der Waals surface area (Å²) in [7, 11) is -7.16. The van der Waals surface area contributed by atoms with Crippen LogP contribution >= 0.6 is 11.3 Å². The van der Waals surface area contributed by atoms with Crippen molar-refractivity contribution in [3.63, 3.8) is 0 Å². The van der Waals surface area contributed by atoms with E-state index in [1.807, 2.05) is 0 Å². The second kappa shape index (κ2) is 6.14. The number of hydrogen-bond acceptors (Lipinski definition) is 5. The largest absolute Gasteiger partial charge is 0.279 e. The first kappa shape index (κ1) is 16.0. The zero-order chi connectivity index (χ0) is 15.5. The number of thiophene rings is 1. The van der Waals surface area contributed by atoms with Crippen LogP contribution in [0.2, 0.25) is 0 Å². The molecule has 0 spiro atoms. The molecule has 6 nitrogen and oxygen atoms in total. The summed E-state index contributed by atoms with van der Waals surface area (Å²) in [6, 6.07) is 8.67. The quantitative estimate of drug-likeness (QED) is 0.835. The molecule has 0 atom stereocenters. The van der Waals surface area contributed by atoms with E-state index in [1.165, 1.54) is 30.3 Å². The predicted molar refractivity (Wildman–Crippen MR) is 82.4 cm³/mol. The molecule has 0 fully saturated rings. The van der Waals surface area contributed by atoms with E-state index in [1.54, 1.807) is 18.4 Å². The summed E-state index contributed by atoms with van der Waals surface area (Å²) in [6.45, 7) is 1.97. The van der Waals surface area contributed by atoms with Crippen molar-refractivity contribution in [3.05, 3.63) is 41.8 Å². The third-order valence-electron chi connectivity index (χ3n) is 2.51. The number of sulfonamides is 2. The van der Waals surface area contributed by atoms with E-state index in [0.29, 0.717) is 5.69 Å². The lowest BCUT2D eigenvalue weighted by atomic mass is 10.3. The van der Waals surface area contributed by atoms with Gasteiger partial charge in [0.05, 0.1) is 4.90 Å². The minimum Gasteiger partial charge on any atom is -0.279 e. The maximum Gasteiger partial charge on any atom is 0.271 e. The second-order valence-corrected chi connectivity index (χ2v) is 8.69. The van der Waals surface area contributed by atoms with Crippen LogP contribution in [0.1, 0.15) is 6.92 Å². The Morgan fingerprint density at radius 1 is 1.00 bits per heavy atom. The van der Waals surface area contributed by atoms with Gasteiger partial charge in [-0.25, -0.2) is 21.6 Å². The normalized spacial score (nSPS) is 12.2. The van der Waals surface area contributed by atoms with Gasteiger partial charge in [-0.15, -0.1) is 11.3 Å². The topological polar surface area (TPSA) is 92.3 Å². The van der Waals surface area contributed by atoms with Crippen molar-refractivity contribution >= 4 is 37.1 Å². The Morgan fingerprint density at radius 3 is 2.19 bits per heavy atom. The third-order valence-corrected chi connectivity index (χ3v) is 6.85. The van der Waals surface area contributed by atoms with Crippen LogP contribution in [0.25, 0.3) is 0 Å². The van der Waals surface area contributed by atoms with Crippen molar-refractivity contribution in [3.8, 4) is 0 Å². The van der Waals surface area contributed by atoms with E-state index in [9.17, 15) is 16.8 Å². The van der Waals surface area contributed by atoms with Gasteiger partial charge >= 0.3 is 0 Å². The maximum absolute atomic E-state index is 12.0. The number of rotatable bonds is 6. The van der Waals surface area contributed by atoms with Gasteiger partial charge < -0.3 is 0 Å². The molecule has 0 radical (unpaired) electrons. The Bertz CT molecular complexity index is 795. The molecule has 0 amide bonds. The summed E-state index contributed by atoms with van der Waals surface area (Å²) in [5.74, 6) is 0. The molecular formula is C12H14N2O4S3. The standard InChI is InChI=1S/C12H14N2O4S3/c1-2-13-20(15,16)11-7-5-10(6-8-11)14-21(17,18)12-4-3-9-19-12/h3-9,13-14H,2H2,1H3. The molecule has 2 rings (SSSR count). The predicted octanol–water partition coefficient (Wildman–Crippen LogP) is 1.85. The fourth-order valence-electron chi connectivity index (χ4n) is 1.60. The van der Waals surface area contributed by atoms with E-state index in [-0.39, 0.29) is 15.6 Å². The number of nitrogens with one attached hydrogen (secondary N) is 2. The molecule has 0 saturated carbocycles. The Balaban J connectivity index is 2.21. The fourth-order valence-corrected chi connectivity index (χ4v) is 4.69. The smallest absolute Gasteiger partial charge is 0.271 e. The zero-order valence-corrected chi connectivity index (χ0v) is 13.6. The molecule has 1 aromatic carbocycles. The van der Waals surface area contributed by atoms with Gasteiger partial charge in [-0.1, -0.05) is 13.0 Å². The molecular weight excluding hydrogens is 332 g/mol. The molecule has 9 heteroatoms. The minimum atomic E-state index is -3.63. The van der Waals surface area contributed by atoms with Gasteiger partial charge in [-0.3, -0.25) is 4.72 Å². The lowest BCUT2D eigenvalue weighted by Crippen LogP contribution is -2.23. The molecule has 0 aliphatic carbocycles. The van der Waals surface area contributed by atoms with E-state index in [0.717, 1.165) is 11.3 Å². The van der Waals surface area contributed by atoms with Crippen LogP contribution < -0.4 is 9.44 Å². The SMILES string of the molecule is CCNS(=O)(=O)c1ccc(NS(=O)(=O)c2cccs2)cc1. The van der Waals surface area contributed by atoms with E-state index < -0.39 is 20.0 Å². The Labute approximate surface area is 127 Å². The molecule has 114 valence electrons. The number of anilines is 1. The number of benzene rings is 1. The van der Waals surface area contributed by atoms with Crippen LogP contribution in [-0.2, 0) is 20.0 Å². The number of hydrogen-bond donors (Lipinski definition) is 2. The second-order valence-electron chi connectivity index (χ2n) is 4.06. The Kier molecular flexibility index (Phi) is 4.67. The Morgan fingerprint density at radius 2 is 1.67 bits per heavy atom. The van der Waals surface area contributed by atoms with Crippen molar-refractivity contribution in [2.75, 3.05) is 11.3 Å². The van der Waals surface area contributed by atoms with E-state index in [4.69, 9.17) is 0 Å². The minimum absolute atomic E-state index is 0.0865. The molecule has 0 aliphatic heterocycles. The molecule has 0 bridgehead atoms. The maximum atomic E-state index is 12.0. The van der Waals surface area contributed by atoms with Crippen LogP contribution in [0, 0.1) is 0 Å². The molecule has 21 heavy (non-hydrogen) atoms. The van der Waals surface area contributed by atoms with Gasteiger partial charge in [-0.05, 0) is 35.7 Å². The van der Waals surface area contributed by atoms with Gasteiger partial charge in [0.1, 0.15) is 4.21 Å². The average Bonchev–Trinajstić information content (AvgIpc) is 2.93. The molecule has 0 saturated heterocycles. The van der Waals surface area contributed by atoms with Gasteiger partial charge in [-0.2, -0.15) is 0 Å². The summed E-state index contributed by atoms with van der Waals surface area (Å²) in [6.07, 6.45) is 0. The van der Waals surface area contributed by atoms with Crippen molar-refractivity contribution in [2.24, 2.45) is 0 Å². The first-order valence-corrected chi connectivity index (χ1v) is 9.86. The van der Waals surface area contributed by atoms with Gasteiger partial charge in [0, 0.05) is 12.2 Å². The lowest BCUT2D eigenvalue weighted by molar-refractivity contribution is 0.584. The van der Waals surface area contributed by atoms with Crippen molar-refractivity contribution in [2.45, 2.75) is 16.0 Å². The average molecular weight is 346 g/mol. The summed E-state index contributed by atoms with van der Waals surface area (Å²) in [5, 5.41) is 1.67. The van der Waals surface area contributed by atoms with Gasteiger partial charge in [0.25, 0.3) is 10.0 Å². The highest BCUT2D eigenvalue weighted by Gasteiger charge is 2.16. The van der Waals surface area contributed by atoms with E-state index >= 15 is 0 Å². The summed E-state index contributed by atoms with van der Waals surface area (Å²) >= 11 is 1.11. The van der Waals surface area contributed by atoms with Crippen LogP contribution in [0.15, 0.2) is 50.9 Å². The monoisotopic (exact) mass is 346 g/mol. The molecule has 1 heterocycles. The molecule has 2 aromatic rings. The van der Waals surface area contributed by atoms with E-state index in [2.05, 4.69) is 9.44 Å². The zero-order valence-electron chi connectivity index (χ0n) is 11.1.